The van der Waals surface area contributed by atoms with Crippen molar-refractivity contribution >= 4 is 10.0 Å². The molecule has 1 fully saturated rings. The van der Waals surface area contributed by atoms with Gasteiger partial charge in [0.1, 0.15) is 0 Å². The van der Waals surface area contributed by atoms with Gasteiger partial charge in [-0.05, 0) is 37.1 Å². The highest BCUT2D eigenvalue weighted by molar-refractivity contribution is 8.33. The first-order valence-corrected chi connectivity index (χ1v) is 6.74. The lowest BCUT2D eigenvalue weighted by Crippen LogP contribution is -2.31. The van der Waals surface area contributed by atoms with E-state index in [9.17, 15) is 0 Å². The van der Waals surface area contributed by atoms with Gasteiger partial charge >= 0.3 is 0 Å². The fraction of sp³-hybridized carbons (Fsp3) is 1.00. The maximum absolute atomic E-state index is 3.50. The van der Waals surface area contributed by atoms with Crippen LogP contribution in [0.5, 0.6) is 0 Å². The molecule has 0 amide bonds. The van der Waals surface area contributed by atoms with Gasteiger partial charge in [-0.1, -0.05) is 6.92 Å². The Bertz CT molecular complexity index is 91.9. The smallest absolute Gasteiger partial charge is 0.0259 e. The van der Waals surface area contributed by atoms with Gasteiger partial charge < -0.3 is 5.32 Å². The molecular weight excluding hydrogens is 142 g/mol. The van der Waals surface area contributed by atoms with Crippen molar-refractivity contribution in [3.05, 3.63) is 0 Å². The summed E-state index contributed by atoms with van der Waals surface area (Å²) in [6.07, 6.45) is 5.27. The molecule has 1 saturated heterocycles. The minimum atomic E-state index is -0.201. The van der Waals surface area contributed by atoms with E-state index in [-0.39, 0.29) is 10.0 Å². The molecule has 1 rings (SSSR count). The summed E-state index contributed by atoms with van der Waals surface area (Å²) >= 11 is 0. The zero-order chi connectivity index (χ0) is 7.45. The van der Waals surface area contributed by atoms with Crippen molar-refractivity contribution in [1.82, 2.24) is 5.32 Å². The second kappa shape index (κ2) is 3.63. The number of nitrogens with one attached hydrogen (secondary N) is 1. The van der Waals surface area contributed by atoms with Gasteiger partial charge in [0.2, 0.25) is 0 Å². The first-order chi connectivity index (χ1) is 4.77. The SMILES string of the molecule is CCCS1(C)CCCNC1. The first kappa shape index (κ1) is 8.41. The molecule has 62 valence electrons. The van der Waals surface area contributed by atoms with E-state index in [0.717, 1.165) is 0 Å². The maximum Gasteiger partial charge on any atom is 0.0259 e. The summed E-state index contributed by atoms with van der Waals surface area (Å²) in [5.41, 5.74) is 0. The summed E-state index contributed by atoms with van der Waals surface area (Å²) in [6, 6.07) is 0. The minimum absolute atomic E-state index is 0.201. The molecule has 1 unspecified atom stereocenters. The Morgan fingerprint density at radius 2 is 2.30 bits per heavy atom. The molecule has 0 aromatic heterocycles. The number of hydrogen-bond acceptors (Lipinski definition) is 1. The molecule has 1 nitrogen and oxygen atoms in total. The Balaban J connectivity index is 2.32. The van der Waals surface area contributed by atoms with Crippen molar-refractivity contribution < 1.29 is 0 Å². The van der Waals surface area contributed by atoms with Crippen LogP contribution in [0.4, 0.5) is 0 Å². The highest BCUT2D eigenvalue weighted by Crippen LogP contribution is 2.45. The Morgan fingerprint density at radius 1 is 1.50 bits per heavy atom. The van der Waals surface area contributed by atoms with E-state index in [1.54, 1.807) is 0 Å². The second-order valence-corrected chi connectivity index (χ2v) is 7.45. The van der Waals surface area contributed by atoms with E-state index in [1.807, 2.05) is 0 Å². The standard InChI is InChI=1S/C8H19NS/c1-3-6-10(2)7-4-5-9-8-10/h9H,3-8H2,1-2H3. The van der Waals surface area contributed by atoms with Crippen LogP contribution in [0.3, 0.4) is 0 Å². The first-order valence-electron chi connectivity index (χ1n) is 4.19. The monoisotopic (exact) mass is 161 g/mol. The predicted octanol–water partition coefficient (Wildman–Crippen LogP) is 1.78. The molecule has 1 heterocycles. The minimum Gasteiger partial charge on any atom is -0.309 e. The predicted molar refractivity (Wildman–Crippen MR) is 51.0 cm³/mol. The van der Waals surface area contributed by atoms with Gasteiger partial charge in [-0.3, -0.25) is 0 Å². The van der Waals surface area contributed by atoms with Crippen LogP contribution in [0.2, 0.25) is 0 Å². The van der Waals surface area contributed by atoms with Gasteiger partial charge in [0.25, 0.3) is 0 Å². The Hall–Kier alpha value is 0.310. The highest BCUT2D eigenvalue weighted by atomic mass is 32.3. The molecular formula is C8H19NS. The normalized spacial score (nSPS) is 40.6. The van der Waals surface area contributed by atoms with Crippen LogP contribution in [0.25, 0.3) is 0 Å². The molecule has 1 N–H and O–H groups in total. The second-order valence-electron chi connectivity index (χ2n) is 3.38. The summed E-state index contributed by atoms with van der Waals surface area (Å²) in [6.45, 7) is 3.55. The molecule has 0 bridgehead atoms. The van der Waals surface area contributed by atoms with Crippen molar-refractivity contribution in [2.24, 2.45) is 0 Å². The molecule has 10 heavy (non-hydrogen) atoms. The van der Waals surface area contributed by atoms with E-state index in [1.165, 1.54) is 36.8 Å². The summed E-state index contributed by atoms with van der Waals surface area (Å²) in [4.78, 5) is 0. The van der Waals surface area contributed by atoms with Crippen molar-refractivity contribution in [2.75, 3.05) is 30.2 Å². The van der Waals surface area contributed by atoms with Crippen LogP contribution in [0, 0.1) is 0 Å². The fourth-order valence-corrected chi connectivity index (χ4v) is 4.56. The van der Waals surface area contributed by atoms with Gasteiger partial charge in [0.15, 0.2) is 0 Å². The van der Waals surface area contributed by atoms with Gasteiger partial charge in [0.05, 0.1) is 0 Å². The van der Waals surface area contributed by atoms with Gasteiger partial charge in [-0.25, -0.2) is 10.0 Å². The van der Waals surface area contributed by atoms with E-state index in [4.69, 9.17) is 0 Å². The van der Waals surface area contributed by atoms with E-state index < -0.39 is 0 Å². The lowest BCUT2D eigenvalue weighted by Gasteiger charge is -2.39. The van der Waals surface area contributed by atoms with E-state index in [0.29, 0.717) is 0 Å². The number of rotatable bonds is 2. The van der Waals surface area contributed by atoms with Crippen LogP contribution in [-0.4, -0.2) is 30.2 Å². The fourth-order valence-electron chi connectivity index (χ4n) is 1.60. The summed E-state index contributed by atoms with van der Waals surface area (Å²) < 4.78 is 0. The molecule has 0 aromatic rings. The molecule has 1 aliphatic heterocycles. The van der Waals surface area contributed by atoms with Gasteiger partial charge in [0, 0.05) is 5.88 Å². The van der Waals surface area contributed by atoms with Crippen LogP contribution in [0.15, 0.2) is 0 Å². The zero-order valence-corrected chi connectivity index (χ0v) is 7.97. The Labute approximate surface area is 65.9 Å². The van der Waals surface area contributed by atoms with Crippen LogP contribution in [-0.2, 0) is 0 Å². The Morgan fingerprint density at radius 3 is 2.80 bits per heavy atom. The summed E-state index contributed by atoms with van der Waals surface area (Å²) in [5, 5.41) is 3.50. The molecule has 0 saturated carbocycles. The van der Waals surface area contributed by atoms with Crippen molar-refractivity contribution in [3.63, 3.8) is 0 Å². The van der Waals surface area contributed by atoms with Gasteiger partial charge in [-0.2, -0.15) is 0 Å². The average Bonchev–Trinajstić information content (AvgIpc) is 1.89. The van der Waals surface area contributed by atoms with E-state index in [2.05, 4.69) is 18.5 Å². The maximum atomic E-state index is 3.50. The largest absolute Gasteiger partial charge is 0.309 e. The Kier molecular flexibility index (Phi) is 3.05. The summed E-state index contributed by atoms with van der Waals surface area (Å²) in [7, 11) is -0.201. The quantitative estimate of drug-likeness (QED) is 0.651. The molecule has 0 aliphatic carbocycles. The third-order valence-electron chi connectivity index (χ3n) is 2.14. The third-order valence-corrected chi connectivity index (χ3v) is 5.71. The van der Waals surface area contributed by atoms with Crippen molar-refractivity contribution in [2.45, 2.75) is 19.8 Å². The third kappa shape index (κ3) is 2.17. The van der Waals surface area contributed by atoms with Crippen molar-refractivity contribution in [3.8, 4) is 0 Å². The molecule has 0 spiro atoms. The average molecular weight is 161 g/mol. The van der Waals surface area contributed by atoms with Crippen molar-refractivity contribution in [1.29, 1.82) is 0 Å². The molecule has 2 heteroatoms. The summed E-state index contributed by atoms with van der Waals surface area (Å²) in [5.74, 6) is 4.30. The molecule has 1 aliphatic rings. The lowest BCUT2D eigenvalue weighted by molar-refractivity contribution is 0.727. The lowest BCUT2D eigenvalue weighted by atomic mass is 10.5. The van der Waals surface area contributed by atoms with Crippen LogP contribution < -0.4 is 5.32 Å². The molecule has 0 radical (unpaired) electrons. The zero-order valence-electron chi connectivity index (χ0n) is 7.15. The topological polar surface area (TPSA) is 12.0 Å². The van der Waals surface area contributed by atoms with E-state index >= 15 is 0 Å². The molecule has 1 atom stereocenters. The van der Waals surface area contributed by atoms with Crippen LogP contribution >= 0.6 is 10.0 Å². The number of hydrogen-bond donors (Lipinski definition) is 1. The van der Waals surface area contributed by atoms with Crippen LogP contribution in [0.1, 0.15) is 19.8 Å². The highest BCUT2D eigenvalue weighted by Gasteiger charge is 2.19. The van der Waals surface area contributed by atoms with Gasteiger partial charge in [-0.15, -0.1) is 0 Å². The molecule has 0 aromatic carbocycles.